The molecule has 0 rings (SSSR count). The molecule has 9 nitrogen and oxygen atoms in total. The predicted octanol–water partition coefficient (Wildman–Crippen LogP) is 18.6. The van der Waals surface area contributed by atoms with Crippen LogP contribution in [0.1, 0.15) is 278 Å². The Hall–Kier alpha value is -2.55. The first kappa shape index (κ1) is 72.5. The Kier molecular flexibility index (Phi) is 52.9. The Labute approximate surface area is 463 Å². The van der Waals surface area contributed by atoms with Crippen molar-refractivity contribution in [2.24, 2.45) is 0 Å². The lowest BCUT2D eigenvalue weighted by Crippen LogP contribution is -2.47. The summed E-state index contributed by atoms with van der Waals surface area (Å²) in [5.74, 6) is -0.557. The van der Waals surface area contributed by atoms with Crippen LogP contribution in [0.15, 0.2) is 72.9 Å². The van der Waals surface area contributed by atoms with Crippen LogP contribution in [-0.4, -0.2) is 69.4 Å². The van der Waals surface area contributed by atoms with E-state index in [-0.39, 0.29) is 24.9 Å². The molecular weight excluding hydrogens is 952 g/mol. The zero-order valence-electron chi connectivity index (χ0n) is 49.7. The smallest absolute Gasteiger partial charge is 0.306 e. The van der Waals surface area contributed by atoms with Crippen molar-refractivity contribution in [1.82, 2.24) is 5.32 Å². The minimum atomic E-state index is -4.70. The zero-order valence-corrected chi connectivity index (χ0v) is 50.6. The highest BCUT2D eigenvalue weighted by molar-refractivity contribution is 7.45. The lowest BCUT2D eigenvalue weighted by atomic mass is 10.1. The van der Waals surface area contributed by atoms with Gasteiger partial charge in [0.05, 0.1) is 33.8 Å². The summed E-state index contributed by atoms with van der Waals surface area (Å²) in [6.07, 6.45) is 70.1. The molecule has 0 aliphatic carbocycles. The average molecular weight is 1070 g/mol. The molecule has 0 spiro atoms. The molecule has 3 unspecified atom stereocenters. The number of rotatable bonds is 56. The van der Waals surface area contributed by atoms with Crippen molar-refractivity contribution < 1.29 is 37.3 Å². The molecule has 0 aromatic rings. The zero-order chi connectivity index (χ0) is 55.0. The molecule has 0 aromatic heterocycles. The summed E-state index contributed by atoms with van der Waals surface area (Å²) < 4.78 is 30.3. The fourth-order valence-corrected chi connectivity index (χ4v) is 9.46. The molecule has 75 heavy (non-hydrogen) atoms. The molecule has 10 heteroatoms. The highest BCUT2D eigenvalue weighted by Gasteiger charge is 2.27. The van der Waals surface area contributed by atoms with Gasteiger partial charge in [-0.3, -0.25) is 14.2 Å². The van der Waals surface area contributed by atoms with E-state index in [1.54, 1.807) is 0 Å². The lowest BCUT2D eigenvalue weighted by molar-refractivity contribution is -0.870. The van der Waals surface area contributed by atoms with E-state index < -0.39 is 26.6 Å². The number of amides is 1. The molecule has 1 N–H and O–H groups in total. The quantitative estimate of drug-likeness (QED) is 0.0212. The highest BCUT2D eigenvalue weighted by Crippen LogP contribution is 2.38. The van der Waals surface area contributed by atoms with E-state index >= 15 is 0 Å². The van der Waals surface area contributed by atoms with E-state index in [0.717, 1.165) is 103 Å². The van der Waals surface area contributed by atoms with Crippen LogP contribution in [0.2, 0.25) is 0 Å². The fraction of sp³-hybridized carbons (Fsp3) is 0.785. The third kappa shape index (κ3) is 56.0. The van der Waals surface area contributed by atoms with Gasteiger partial charge in [-0.1, -0.05) is 235 Å². The first-order valence-corrected chi connectivity index (χ1v) is 32.7. The van der Waals surface area contributed by atoms with E-state index in [2.05, 4.69) is 86.8 Å². The van der Waals surface area contributed by atoms with E-state index in [1.807, 2.05) is 33.3 Å². The summed E-state index contributed by atoms with van der Waals surface area (Å²) >= 11 is 0. The summed E-state index contributed by atoms with van der Waals surface area (Å²) in [6.45, 7) is 6.79. The number of esters is 1. The first-order valence-electron chi connectivity index (χ1n) is 31.2. The van der Waals surface area contributed by atoms with E-state index in [9.17, 15) is 19.0 Å². The van der Waals surface area contributed by atoms with Crippen LogP contribution in [0, 0.1) is 0 Å². The molecule has 3 atom stereocenters. The second-order valence-electron chi connectivity index (χ2n) is 22.2. The minimum Gasteiger partial charge on any atom is -0.756 e. The Morgan fingerprint density at radius 1 is 0.467 bits per heavy atom. The number of quaternary nitrogens is 1. The first-order chi connectivity index (χ1) is 36.4. The number of hydrogen-bond acceptors (Lipinski definition) is 7. The van der Waals surface area contributed by atoms with Crippen LogP contribution in [-0.2, 0) is 27.9 Å². The number of unbranched alkanes of at least 4 members (excludes halogenated alkanes) is 30. The van der Waals surface area contributed by atoms with Gasteiger partial charge in [0, 0.05) is 12.8 Å². The molecule has 0 fully saturated rings. The highest BCUT2D eigenvalue weighted by atomic mass is 31.2. The van der Waals surface area contributed by atoms with Crippen molar-refractivity contribution in [2.45, 2.75) is 290 Å². The second-order valence-corrected chi connectivity index (χ2v) is 23.6. The van der Waals surface area contributed by atoms with Gasteiger partial charge in [-0.05, 0) is 102 Å². The number of nitrogens with one attached hydrogen (secondary N) is 1. The van der Waals surface area contributed by atoms with Crippen LogP contribution < -0.4 is 10.2 Å². The second kappa shape index (κ2) is 54.8. The van der Waals surface area contributed by atoms with Gasteiger partial charge in [0.25, 0.3) is 7.82 Å². The Morgan fingerprint density at radius 2 is 0.813 bits per heavy atom. The van der Waals surface area contributed by atoms with Gasteiger partial charge in [-0.25, -0.2) is 0 Å². The van der Waals surface area contributed by atoms with Crippen molar-refractivity contribution in [3.8, 4) is 0 Å². The number of phosphoric acid groups is 1. The Balaban J connectivity index is 5.20. The van der Waals surface area contributed by atoms with Gasteiger partial charge in [0.2, 0.25) is 5.91 Å². The molecule has 0 aromatic carbocycles. The summed E-state index contributed by atoms with van der Waals surface area (Å²) in [7, 11) is 1.17. The average Bonchev–Trinajstić information content (AvgIpc) is 3.37. The molecule has 0 aliphatic heterocycles. The van der Waals surface area contributed by atoms with Crippen molar-refractivity contribution in [3.63, 3.8) is 0 Å². The number of phosphoric ester groups is 1. The number of allylic oxidation sites excluding steroid dienone is 11. The molecule has 0 radical (unpaired) electrons. The molecule has 0 saturated heterocycles. The fourth-order valence-electron chi connectivity index (χ4n) is 8.74. The van der Waals surface area contributed by atoms with Gasteiger partial charge in [-0.2, -0.15) is 0 Å². The van der Waals surface area contributed by atoms with Crippen molar-refractivity contribution >= 4 is 19.7 Å². The van der Waals surface area contributed by atoms with E-state index in [4.69, 9.17) is 13.8 Å². The number of carbonyl (C=O) groups excluding carboxylic acids is 2. The third-order valence-electron chi connectivity index (χ3n) is 13.6. The summed E-state index contributed by atoms with van der Waals surface area (Å²) in [5.41, 5.74) is 0. The number of likely N-dealkylation sites (N-methyl/N-ethyl adjacent to an activating group) is 1. The Morgan fingerprint density at radius 3 is 1.27 bits per heavy atom. The van der Waals surface area contributed by atoms with Crippen LogP contribution in [0.3, 0.4) is 0 Å². The van der Waals surface area contributed by atoms with Gasteiger partial charge in [-0.15, -0.1) is 0 Å². The molecule has 0 bridgehead atoms. The monoisotopic (exact) mass is 1070 g/mol. The van der Waals surface area contributed by atoms with Crippen LogP contribution in [0.5, 0.6) is 0 Å². The maximum atomic E-state index is 13.5. The maximum absolute atomic E-state index is 13.5. The number of hydrogen-bond donors (Lipinski definition) is 1. The standard InChI is InChI=1S/C65H119N2O7P/c1-7-10-13-16-19-22-25-27-29-30-31-32-33-34-35-36-38-40-43-46-49-52-55-58-65(69)74-63(56-53-50-47-44-41-24-21-18-15-12-9-3)62(61-73-75(70,71)72-60-59-67(4,5)6)66-64(68)57-54-51-48-45-42-39-37-28-26-23-20-17-14-11-8-2/h19,22-23,26-27,29,31-32,34-35,53,56,62-63H,7-18,20-21,24-25,28,30,33,36-52,54-55,57-61H2,1-6H3,(H-,66,68,70,71)/b22-19-,26-23-,29-27-,32-31-,35-34-,56-53-. The van der Waals surface area contributed by atoms with Gasteiger partial charge in [0.1, 0.15) is 19.3 Å². The molecule has 0 aliphatic rings. The molecule has 0 heterocycles. The molecule has 1 amide bonds. The Bertz CT molecular complexity index is 1510. The molecular formula is C65H119N2O7P. The normalized spacial score (nSPS) is 14.2. The summed E-state index contributed by atoms with van der Waals surface area (Å²) in [6, 6.07) is -0.897. The summed E-state index contributed by atoms with van der Waals surface area (Å²) in [4.78, 5) is 39.9. The van der Waals surface area contributed by atoms with Gasteiger partial charge < -0.3 is 28.5 Å². The van der Waals surface area contributed by atoms with Crippen LogP contribution in [0.25, 0.3) is 0 Å². The number of ether oxygens (including phenoxy) is 1. The van der Waals surface area contributed by atoms with E-state index in [1.165, 1.54) is 141 Å². The van der Waals surface area contributed by atoms with E-state index in [0.29, 0.717) is 17.4 Å². The topological polar surface area (TPSA) is 114 Å². The minimum absolute atomic E-state index is 0.0271. The molecule has 436 valence electrons. The predicted molar refractivity (Wildman–Crippen MR) is 321 cm³/mol. The summed E-state index contributed by atoms with van der Waals surface area (Å²) in [5, 5.41) is 3.02. The van der Waals surface area contributed by atoms with Crippen LogP contribution >= 0.6 is 7.82 Å². The molecule has 0 saturated carbocycles. The SMILES string of the molecule is CCCCC/C=C\C/C=C\C/C=C\C/C=C\CCCCCCCCCC(=O)OC(/C=C\CCCCCCCCCCC)C(COP(=O)([O-])OCC[N+](C)(C)C)NC(=O)CCCCCCCCC/C=C\CCCCCC. The van der Waals surface area contributed by atoms with Gasteiger partial charge >= 0.3 is 5.97 Å². The largest absolute Gasteiger partial charge is 0.756 e. The van der Waals surface area contributed by atoms with Gasteiger partial charge in [0.15, 0.2) is 0 Å². The van der Waals surface area contributed by atoms with Crippen LogP contribution in [0.4, 0.5) is 0 Å². The third-order valence-corrected chi connectivity index (χ3v) is 14.6. The number of carbonyl (C=O) groups is 2. The number of nitrogens with zero attached hydrogens (tertiary/aromatic N) is 1. The lowest BCUT2D eigenvalue weighted by Gasteiger charge is -2.30. The maximum Gasteiger partial charge on any atom is 0.306 e. The van der Waals surface area contributed by atoms with Crippen molar-refractivity contribution in [3.05, 3.63) is 72.9 Å². The van der Waals surface area contributed by atoms with Crippen molar-refractivity contribution in [2.75, 3.05) is 40.9 Å². The van der Waals surface area contributed by atoms with Crippen molar-refractivity contribution in [1.29, 1.82) is 0 Å².